The molecule has 1 unspecified atom stereocenters. The van der Waals surface area contributed by atoms with Crippen LogP contribution in [0.1, 0.15) is 12.6 Å². The van der Waals surface area contributed by atoms with Gasteiger partial charge in [0.2, 0.25) is 0 Å². The molecular formula is C8H8ClN3S. The largest absolute Gasteiger partial charge is 0.231 e. The van der Waals surface area contributed by atoms with Gasteiger partial charge in [0.25, 0.3) is 0 Å². The monoisotopic (exact) mass is 213 g/mol. The lowest BCUT2D eigenvalue weighted by atomic mass is 10.5. The van der Waals surface area contributed by atoms with Gasteiger partial charge in [0, 0.05) is 17.3 Å². The number of rotatable bonds is 3. The topological polar surface area (TPSA) is 49.6 Å². The summed E-state index contributed by atoms with van der Waals surface area (Å²) in [6, 6.07) is 3.54. The Balaban J connectivity index is 2.73. The zero-order valence-electron chi connectivity index (χ0n) is 7.07. The minimum Gasteiger partial charge on any atom is -0.231 e. The molecule has 0 spiro atoms. The lowest BCUT2D eigenvalue weighted by Crippen LogP contribution is -1.99. The Hall–Kier alpha value is -0.790. The molecule has 0 bridgehead atoms. The van der Waals surface area contributed by atoms with Crippen LogP contribution in [0.5, 0.6) is 0 Å². The van der Waals surface area contributed by atoms with E-state index in [4.69, 9.17) is 16.9 Å². The van der Waals surface area contributed by atoms with E-state index in [0.717, 1.165) is 0 Å². The van der Waals surface area contributed by atoms with Crippen molar-refractivity contribution < 1.29 is 0 Å². The van der Waals surface area contributed by atoms with Gasteiger partial charge in [-0.25, -0.2) is 9.97 Å². The van der Waals surface area contributed by atoms with E-state index in [0.29, 0.717) is 16.7 Å². The summed E-state index contributed by atoms with van der Waals surface area (Å²) in [5, 5.41) is 9.44. The molecular weight excluding hydrogens is 206 g/mol. The highest BCUT2D eigenvalue weighted by Crippen LogP contribution is 2.19. The normalized spacial score (nSPS) is 12.1. The van der Waals surface area contributed by atoms with Crippen molar-refractivity contribution in [2.45, 2.75) is 17.3 Å². The molecule has 0 aliphatic heterocycles. The number of hydrogen-bond acceptors (Lipinski definition) is 4. The Morgan fingerprint density at radius 3 is 3.15 bits per heavy atom. The van der Waals surface area contributed by atoms with Crippen LogP contribution in [0.3, 0.4) is 0 Å². The van der Waals surface area contributed by atoms with Gasteiger partial charge in [-0.2, -0.15) is 5.26 Å². The lowest BCUT2D eigenvalue weighted by Gasteiger charge is -2.04. The molecule has 0 saturated carbocycles. The fourth-order valence-electron chi connectivity index (χ4n) is 0.671. The zero-order chi connectivity index (χ0) is 9.68. The Morgan fingerprint density at radius 2 is 2.54 bits per heavy atom. The third kappa shape index (κ3) is 3.21. The molecule has 3 nitrogen and oxygen atoms in total. The van der Waals surface area contributed by atoms with Crippen molar-refractivity contribution >= 4 is 23.4 Å². The predicted molar refractivity (Wildman–Crippen MR) is 52.8 cm³/mol. The van der Waals surface area contributed by atoms with Gasteiger partial charge >= 0.3 is 0 Å². The number of nitrogens with zero attached hydrogens (tertiary/aromatic N) is 3. The van der Waals surface area contributed by atoms with Crippen LogP contribution in [-0.2, 0) is 0 Å². The van der Waals surface area contributed by atoms with Crippen molar-refractivity contribution in [2.24, 2.45) is 0 Å². The van der Waals surface area contributed by atoms with Gasteiger partial charge < -0.3 is 0 Å². The van der Waals surface area contributed by atoms with Crippen molar-refractivity contribution in [3.8, 4) is 6.07 Å². The molecule has 0 aliphatic rings. The second-order valence-corrected chi connectivity index (χ2v) is 4.13. The number of thioether (sulfide) groups is 1. The highest BCUT2D eigenvalue weighted by molar-refractivity contribution is 7.99. The molecule has 1 atom stereocenters. The zero-order valence-corrected chi connectivity index (χ0v) is 8.64. The Labute approximate surface area is 86.1 Å². The fraction of sp³-hybridized carbons (Fsp3) is 0.375. The second kappa shape index (κ2) is 5.05. The number of halogens is 1. The van der Waals surface area contributed by atoms with Crippen LogP contribution in [0.4, 0.5) is 0 Å². The third-order valence-electron chi connectivity index (χ3n) is 1.27. The molecule has 1 rings (SSSR count). The molecule has 0 radical (unpaired) electrons. The van der Waals surface area contributed by atoms with Gasteiger partial charge in [0.15, 0.2) is 5.16 Å². The van der Waals surface area contributed by atoms with Crippen molar-refractivity contribution in [1.29, 1.82) is 5.26 Å². The molecule has 0 N–H and O–H groups in total. The molecule has 0 fully saturated rings. The standard InChI is InChI=1S/C8H8ClN3S/c1-6(4-9)13-8-11-3-2-7(5-10)12-8/h2-3,6H,4H2,1H3. The van der Waals surface area contributed by atoms with Gasteiger partial charge in [0.05, 0.1) is 0 Å². The fourth-order valence-corrected chi connectivity index (χ4v) is 1.56. The second-order valence-electron chi connectivity index (χ2n) is 2.42. The molecule has 5 heteroatoms. The van der Waals surface area contributed by atoms with Crippen molar-refractivity contribution in [2.75, 3.05) is 5.88 Å². The van der Waals surface area contributed by atoms with Crippen LogP contribution in [0.2, 0.25) is 0 Å². The Kier molecular flexibility index (Phi) is 4.00. The predicted octanol–water partition coefficient (Wildman–Crippen LogP) is 2.07. The van der Waals surface area contributed by atoms with Gasteiger partial charge in [-0.15, -0.1) is 11.6 Å². The van der Waals surface area contributed by atoms with E-state index < -0.39 is 0 Å². The minimum atomic E-state index is 0.260. The van der Waals surface area contributed by atoms with Crippen molar-refractivity contribution in [3.05, 3.63) is 18.0 Å². The van der Waals surface area contributed by atoms with E-state index >= 15 is 0 Å². The molecule has 0 saturated heterocycles. The molecule has 0 aliphatic carbocycles. The molecule has 1 aromatic heterocycles. The smallest absolute Gasteiger partial charge is 0.189 e. The average Bonchev–Trinajstić information content (AvgIpc) is 2.18. The highest BCUT2D eigenvalue weighted by Gasteiger charge is 2.05. The maximum Gasteiger partial charge on any atom is 0.189 e. The van der Waals surface area contributed by atoms with Crippen LogP contribution in [-0.4, -0.2) is 21.1 Å². The summed E-state index contributed by atoms with van der Waals surface area (Å²) in [5.74, 6) is 0.546. The van der Waals surface area contributed by atoms with Crippen LogP contribution in [0.15, 0.2) is 17.4 Å². The van der Waals surface area contributed by atoms with Gasteiger partial charge in [-0.05, 0) is 6.07 Å². The first-order valence-electron chi connectivity index (χ1n) is 3.72. The summed E-state index contributed by atoms with van der Waals surface area (Å²) >= 11 is 7.10. The number of nitriles is 1. The van der Waals surface area contributed by atoms with E-state index in [9.17, 15) is 0 Å². The van der Waals surface area contributed by atoms with E-state index in [2.05, 4.69) is 9.97 Å². The van der Waals surface area contributed by atoms with E-state index in [1.807, 2.05) is 13.0 Å². The summed E-state index contributed by atoms with van der Waals surface area (Å²) in [4.78, 5) is 8.03. The van der Waals surface area contributed by atoms with E-state index in [1.165, 1.54) is 11.8 Å². The Bertz CT molecular complexity index is 323. The summed E-state index contributed by atoms with van der Waals surface area (Å²) in [7, 11) is 0. The first kappa shape index (κ1) is 10.3. The first-order chi connectivity index (χ1) is 6.26. The van der Waals surface area contributed by atoms with Crippen LogP contribution < -0.4 is 0 Å². The Morgan fingerprint density at radius 1 is 1.77 bits per heavy atom. The molecule has 13 heavy (non-hydrogen) atoms. The number of alkyl halides is 1. The van der Waals surface area contributed by atoms with E-state index in [-0.39, 0.29) is 5.25 Å². The molecule has 1 heterocycles. The molecule has 68 valence electrons. The average molecular weight is 214 g/mol. The number of hydrogen-bond donors (Lipinski definition) is 0. The maximum absolute atomic E-state index is 8.58. The minimum absolute atomic E-state index is 0.260. The van der Waals surface area contributed by atoms with Gasteiger partial charge in [-0.3, -0.25) is 0 Å². The quantitative estimate of drug-likeness (QED) is 0.438. The molecule has 0 amide bonds. The van der Waals surface area contributed by atoms with Gasteiger partial charge in [-0.1, -0.05) is 18.7 Å². The van der Waals surface area contributed by atoms with Crippen LogP contribution in [0, 0.1) is 11.3 Å². The molecule has 1 aromatic rings. The van der Waals surface area contributed by atoms with E-state index in [1.54, 1.807) is 12.3 Å². The molecule has 0 aromatic carbocycles. The summed E-state index contributed by atoms with van der Waals surface area (Å²) in [6.45, 7) is 1.99. The lowest BCUT2D eigenvalue weighted by molar-refractivity contribution is 0.942. The maximum atomic E-state index is 8.58. The third-order valence-corrected chi connectivity index (χ3v) is 2.89. The van der Waals surface area contributed by atoms with Gasteiger partial charge in [0.1, 0.15) is 11.8 Å². The van der Waals surface area contributed by atoms with Crippen molar-refractivity contribution in [1.82, 2.24) is 9.97 Å². The summed E-state index contributed by atoms with van der Waals surface area (Å²) in [5.41, 5.74) is 0.388. The van der Waals surface area contributed by atoms with Crippen molar-refractivity contribution in [3.63, 3.8) is 0 Å². The highest BCUT2D eigenvalue weighted by atomic mass is 35.5. The summed E-state index contributed by atoms with van der Waals surface area (Å²) < 4.78 is 0. The summed E-state index contributed by atoms with van der Waals surface area (Å²) in [6.07, 6.45) is 1.58. The number of aromatic nitrogens is 2. The van der Waals surface area contributed by atoms with Crippen LogP contribution in [0.25, 0.3) is 0 Å². The SMILES string of the molecule is CC(CCl)Sc1nccc(C#N)n1. The first-order valence-corrected chi connectivity index (χ1v) is 5.13. The van der Waals surface area contributed by atoms with Crippen LogP contribution >= 0.6 is 23.4 Å².